The molecule has 0 bridgehead atoms. The molecule has 0 aromatic heterocycles. The molecule has 1 aromatic carbocycles. The topological polar surface area (TPSA) is 63.7 Å². The SMILES string of the molecule is CCOC(=O)C1CCN(S(=O)(=O)c2ccc(F)c(Cl)c2)CC1. The molecule has 1 fully saturated rings. The van der Waals surface area contributed by atoms with Gasteiger partial charge in [-0.2, -0.15) is 4.31 Å². The Hall–Kier alpha value is -1.18. The Morgan fingerprint density at radius 1 is 1.41 bits per heavy atom. The number of ether oxygens (including phenoxy) is 1. The Balaban J connectivity index is 2.09. The lowest BCUT2D eigenvalue weighted by molar-refractivity contribution is -0.149. The summed E-state index contributed by atoms with van der Waals surface area (Å²) in [5, 5.41) is -0.234. The lowest BCUT2D eigenvalue weighted by Crippen LogP contribution is -2.40. The third kappa shape index (κ3) is 3.59. The Kier molecular flexibility index (Phi) is 5.41. The van der Waals surface area contributed by atoms with Crippen LogP contribution < -0.4 is 0 Å². The number of rotatable bonds is 4. The fourth-order valence-electron chi connectivity index (χ4n) is 2.38. The lowest BCUT2D eigenvalue weighted by Gasteiger charge is -2.30. The quantitative estimate of drug-likeness (QED) is 0.783. The van der Waals surface area contributed by atoms with Crippen LogP contribution in [-0.2, 0) is 19.6 Å². The van der Waals surface area contributed by atoms with E-state index in [0.29, 0.717) is 19.4 Å². The van der Waals surface area contributed by atoms with Gasteiger partial charge in [0.25, 0.3) is 0 Å². The van der Waals surface area contributed by atoms with Crippen molar-refractivity contribution in [1.29, 1.82) is 0 Å². The van der Waals surface area contributed by atoms with Crippen molar-refractivity contribution in [3.63, 3.8) is 0 Å². The van der Waals surface area contributed by atoms with Crippen LogP contribution in [0.3, 0.4) is 0 Å². The third-order valence-corrected chi connectivity index (χ3v) is 5.79. The van der Waals surface area contributed by atoms with Crippen molar-refractivity contribution in [3.05, 3.63) is 29.0 Å². The number of hydrogen-bond donors (Lipinski definition) is 0. The summed E-state index contributed by atoms with van der Waals surface area (Å²) in [7, 11) is -3.73. The molecule has 0 N–H and O–H groups in total. The molecular formula is C14H17ClFNO4S. The summed E-state index contributed by atoms with van der Waals surface area (Å²) in [4.78, 5) is 11.6. The Labute approximate surface area is 134 Å². The highest BCUT2D eigenvalue weighted by molar-refractivity contribution is 7.89. The molecule has 0 spiro atoms. The van der Waals surface area contributed by atoms with Crippen molar-refractivity contribution in [3.8, 4) is 0 Å². The van der Waals surface area contributed by atoms with Crippen LogP contribution in [0, 0.1) is 11.7 Å². The summed E-state index contributed by atoms with van der Waals surface area (Å²) in [6, 6.07) is 3.32. The third-order valence-electron chi connectivity index (χ3n) is 3.60. The van der Waals surface area contributed by atoms with Crippen LogP contribution in [-0.4, -0.2) is 38.4 Å². The van der Waals surface area contributed by atoms with Gasteiger partial charge in [-0.25, -0.2) is 12.8 Å². The molecule has 1 aromatic rings. The van der Waals surface area contributed by atoms with E-state index in [1.165, 1.54) is 10.4 Å². The van der Waals surface area contributed by atoms with Crippen molar-refractivity contribution in [2.75, 3.05) is 19.7 Å². The van der Waals surface area contributed by atoms with Gasteiger partial charge in [0.1, 0.15) is 5.82 Å². The van der Waals surface area contributed by atoms with Crippen LogP contribution in [0.1, 0.15) is 19.8 Å². The van der Waals surface area contributed by atoms with E-state index < -0.39 is 15.8 Å². The minimum atomic E-state index is -3.73. The monoisotopic (exact) mass is 349 g/mol. The molecule has 8 heteroatoms. The molecule has 0 saturated carbocycles. The van der Waals surface area contributed by atoms with Crippen LogP contribution in [0.15, 0.2) is 23.1 Å². The van der Waals surface area contributed by atoms with Crippen LogP contribution in [0.5, 0.6) is 0 Å². The van der Waals surface area contributed by atoms with E-state index in [9.17, 15) is 17.6 Å². The van der Waals surface area contributed by atoms with Gasteiger partial charge in [-0.1, -0.05) is 11.6 Å². The number of halogens is 2. The molecule has 0 unspecified atom stereocenters. The van der Waals surface area contributed by atoms with Crippen molar-refractivity contribution in [1.82, 2.24) is 4.31 Å². The molecule has 1 saturated heterocycles. The van der Waals surface area contributed by atoms with Gasteiger partial charge in [-0.15, -0.1) is 0 Å². The normalized spacial score (nSPS) is 17.4. The molecular weight excluding hydrogens is 333 g/mol. The van der Waals surface area contributed by atoms with Crippen LogP contribution in [0.25, 0.3) is 0 Å². The number of piperidine rings is 1. The first-order valence-corrected chi connectivity index (χ1v) is 8.80. The number of carbonyl (C=O) groups is 1. The maximum atomic E-state index is 13.2. The predicted molar refractivity (Wildman–Crippen MR) is 79.5 cm³/mol. The van der Waals surface area contributed by atoms with Crippen molar-refractivity contribution in [2.45, 2.75) is 24.7 Å². The van der Waals surface area contributed by atoms with Crippen LogP contribution in [0.4, 0.5) is 4.39 Å². The smallest absolute Gasteiger partial charge is 0.309 e. The molecule has 0 atom stereocenters. The van der Waals surface area contributed by atoms with Crippen molar-refractivity contribution >= 4 is 27.6 Å². The van der Waals surface area contributed by atoms with Crippen LogP contribution in [0.2, 0.25) is 5.02 Å². The van der Waals surface area contributed by atoms with Crippen LogP contribution >= 0.6 is 11.6 Å². The number of benzene rings is 1. The summed E-state index contributed by atoms with van der Waals surface area (Å²) in [6.07, 6.45) is 0.819. The van der Waals surface area contributed by atoms with Gasteiger partial charge in [0, 0.05) is 13.1 Å². The highest BCUT2D eigenvalue weighted by Gasteiger charge is 2.32. The van der Waals surface area contributed by atoms with E-state index in [1.807, 2.05) is 0 Å². The van der Waals surface area contributed by atoms with Gasteiger partial charge < -0.3 is 4.74 Å². The maximum Gasteiger partial charge on any atom is 0.309 e. The molecule has 5 nitrogen and oxygen atoms in total. The average Bonchev–Trinajstić information content (AvgIpc) is 2.50. The van der Waals surface area contributed by atoms with Gasteiger partial charge in [0.2, 0.25) is 10.0 Å². The first-order chi connectivity index (χ1) is 10.4. The largest absolute Gasteiger partial charge is 0.466 e. The molecule has 1 aliphatic heterocycles. The zero-order valence-corrected chi connectivity index (χ0v) is 13.7. The summed E-state index contributed by atoms with van der Waals surface area (Å²) in [5.41, 5.74) is 0. The summed E-state index contributed by atoms with van der Waals surface area (Å²) < 4.78 is 44.3. The molecule has 0 radical (unpaired) electrons. The van der Waals surface area contributed by atoms with E-state index >= 15 is 0 Å². The Bertz CT molecular complexity index is 657. The fourth-order valence-corrected chi connectivity index (χ4v) is 4.12. The Morgan fingerprint density at radius 2 is 2.05 bits per heavy atom. The molecule has 122 valence electrons. The van der Waals surface area contributed by atoms with E-state index in [-0.39, 0.29) is 34.9 Å². The number of sulfonamides is 1. The van der Waals surface area contributed by atoms with Gasteiger partial charge in [0.05, 0.1) is 22.4 Å². The molecule has 22 heavy (non-hydrogen) atoms. The predicted octanol–water partition coefficient (Wildman–Crippen LogP) is 2.44. The number of carbonyl (C=O) groups excluding carboxylic acids is 1. The van der Waals surface area contributed by atoms with Gasteiger partial charge in [0.15, 0.2) is 0 Å². The van der Waals surface area contributed by atoms with Crippen molar-refractivity contribution < 1.29 is 22.3 Å². The van der Waals surface area contributed by atoms with E-state index in [2.05, 4.69) is 0 Å². The van der Waals surface area contributed by atoms with Gasteiger partial charge in [-0.3, -0.25) is 4.79 Å². The first-order valence-electron chi connectivity index (χ1n) is 6.98. The number of esters is 1. The number of hydrogen-bond acceptors (Lipinski definition) is 4. The first kappa shape index (κ1) is 17.2. The van der Waals surface area contributed by atoms with E-state index in [4.69, 9.17) is 16.3 Å². The molecule has 0 aliphatic carbocycles. The average molecular weight is 350 g/mol. The van der Waals surface area contributed by atoms with E-state index in [1.54, 1.807) is 6.92 Å². The minimum Gasteiger partial charge on any atom is -0.466 e. The van der Waals surface area contributed by atoms with Gasteiger partial charge in [-0.05, 0) is 38.0 Å². The summed E-state index contributed by atoms with van der Waals surface area (Å²) >= 11 is 5.64. The molecule has 1 aliphatic rings. The highest BCUT2D eigenvalue weighted by Crippen LogP contribution is 2.26. The molecule has 2 rings (SSSR count). The summed E-state index contributed by atoms with van der Waals surface area (Å²) in [6.45, 7) is 2.49. The minimum absolute atomic E-state index is 0.0477. The summed E-state index contributed by atoms with van der Waals surface area (Å²) in [5.74, 6) is -1.23. The maximum absolute atomic E-state index is 13.2. The van der Waals surface area contributed by atoms with E-state index in [0.717, 1.165) is 12.1 Å². The van der Waals surface area contributed by atoms with Crippen molar-refractivity contribution in [2.24, 2.45) is 5.92 Å². The van der Waals surface area contributed by atoms with Gasteiger partial charge >= 0.3 is 5.97 Å². The standard InChI is InChI=1S/C14H17ClFNO4S/c1-2-21-14(18)10-5-7-17(8-6-10)22(19,20)11-3-4-13(16)12(15)9-11/h3-4,9-10H,2,5-8H2,1H3. The number of nitrogens with zero attached hydrogens (tertiary/aromatic N) is 1. The lowest BCUT2D eigenvalue weighted by atomic mass is 9.98. The Morgan fingerprint density at radius 3 is 2.59 bits per heavy atom. The second-order valence-electron chi connectivity index (χ2n) is 5.01. The second-order valence-corrected chi connectivity index (χ2v) is 7.35. The molecule has 1 heterocycles. The zero-order valence-electron chi connectivity index (χ0n) is 12.1. The fraction of sp³-hybridized carbons (Fsp3) is 0.500. The molecule has 0 amide bonds. The second kappa shape index (κ2) is 6.93. The highest BCUT2D eigenvalue weighted by atomic mass is 35.5. The zero-order chi connectivity index (χ0) is 16.3.